The van der Waals surface area contributed by atoms with Crippen molar-refractivity contribution in [1.29, 1.82) is 0 Å². The lowest BCUT2D eigenvalue weighted by atomic mass is 9.92. The third-order valence-corrected chi connectivity index (χ3v) is 4.78. The SMILES string of the molecule is Cc1ccccc1NC(=O)[C@H]1CC(=O)Nc2nc(Nc3ccc(F)cc3)[nH]c(=O)c21. The number of H-pyrrole nitrogens is 1. The number of rotatable bonds is 4. The minimum atomic E-state index is -0.982. The first-order chi connectivity index (χ1) is 14.4. The van der Waals surface area contributed by atoms with E-state index in [1.807, 2.05) is 19.1 Å². The van der Waals surface area contributed by atoms with Gasteiger partial charge in [-0.3, -0.25) is 19.4 Å². The quantitative estimate of drug-likeness (QED) is 0.531. The van der Waals surface area contributed by atoms with Crippen molar-refractivity contribution >= 4 is 35.0 Å². The molecule has 0 unspecified atom stereocenters. The second-order valence-corrected chi connectivity index (χ2v) is 6.92. The van der Waals surface area contributed by atoms with Crippen LogP contribution in [0.2, 0.25) is 0 Å². The summed E-state index contributed by atoms with van der Waals surface area (Å²) in [5, 5.41) is 8.17. The monoisotopic (exact) mass is 407 g/mol. The van der Waals surface area contributed by atoms with Crippen LogP contribution in [0.1, 0.15) is 23.5 Å². The topological polar surface area (TPSA) is 116 Å². The fraction of sp³-hybridized carbons (Fsp3) is 0.143. The Morgan fingerprint density at radius 3 is 2.60 bits per heavy atom. The zero-order valence-corrected chi connectivity index (χ0v) is 16.0. The highest BCUT2D eigenvalue weighted by atomic mass is 19.1. The number of amides is 2. The first-order valence-corrected chi connectivity index (χ1v) is 9.24. The lowest BCUT2D eigenvalue weighted by Crippen LogP contribution is -2.36. The average molecular weight is 407 g/mol. The van der Waals surface area contributed by atoms with Crippen LogP contribution in [0.4, 0.5) is 27.5 Å². The number of fused-ring (bicyclic) bond motifs is 1. The molecule has 1 aromatic heterocycles. The molecule has 1 atom stereocenters. The number of hydrogen-bond donors (Lipinski definition) is 4. The van der Waals surface area contributed by atoms with Crippen molar-refractivity contribution in [2.75, 3.05) is 16.0 Å². The van der Waals surface area contributed by atoms with Crippen molar-refractivity contribution in [2.24, 2.45) is 0 Å². The van der Waals surface area contributed by atoms with E-state index >= 15 is 0 Å². The summed E-state index contributed by atoms with van der Waals surface area (Å²) >= 11 is 0. The molecule has 0 saturated carbocycles. The number of carbonyl (C=O) groups excluding carboxylic acids is 2. The van der Waals surface area contributed by atoms with Gasteiger partial charge in [-0.25, -0.2) is 4.39 Å². The summed E-state index contributed by atoms with van der Waals surface area (Å²) in [6.07, 6.45) is -0.166. The molecule has 0 radical (unpaired) electrons. The van der Waals surface area contributed by atoms with Crippen molar-refractivity contribution in [2.45, 2.75) is 19.3 Å². The Bertz CT molecular complexity index is 1190. The van der Waals surface area contributed by atoms with E-state index in [9.17, 15) is 18.8 Å². The maximum atomic E-state index is 13.1. The van der Waals surface area contributed by atoms with Gasteiger partial charge in [0.1, 0.15) is 11.6 Å². The zero-order chi connectivity index (χ0) is 21.3. The third kappa shape index (κ3) is 3.90. The molecule has 0 aliphatic carbocycles. The number of carbonyl (C=O) groups is 2. The fourth-order valence-corrected chi connectivity index (χ4v) is 3.26. The predicted octanol–water partition coefficient (Wildman–Crippen LogP) is 3.03. The van der Waals surface area contributed by atoms with Gasteiger partial charge >= 0.3 is 0 Å². The van der Waals surface area contributed by atoms with Gasteiger partial charge in [-0.05, 0) is 42.8 Å². The van der Waals surface area contributed by atoms with Crippen LogP contribution in [0.5, 0.6) is 0 Å². The number of benzene rings is 2. The van der Waals surface area contributed by atoms with Crippen LogP contribution >= 0.6 is 0 Å². The van der Waals surface area contributed by atoms with Crippen molar-refractivity contribution < 1.29 is 14.0 Å². The van der Waals surface area contributed by atoms with E-state index in [0.29, 0.717) is 11.4 Å². The van der Waals surface area contributed by atoms with Gasteiger partial charge in [-0.2, -0.15) is 4.98 Å². The maximum Gasteiger partial charge on any atom is 0.258 e. The molecule has 1 aliphatic heterocycles. The molecule has 0 bridgehead atoms. The minimum absolute atomic E-state index is 0.0181. The van der Waals surface area contributed by atoms with Crippen LogP contribution < -0.4 is 21.5 Å². The number of hydrogen-bond acceptors (Lipinski definition) is 5. The van der Waals surface area contributed by atoms with Gasteiger partial charge in [0.2, 0.25) is 17.8 Å². The van der Waals surface area contributed by atoms with Gasteiger partial charge in [-0.1, -0.05) is 18.2 Å². The number of nitrogens with zero attached hydrogens (tertiary/aromatic N) is 1. The van der Waals surface area contributed by atoms with Crippen LogP contribution in [0.15, 0.2) is 53.3 Å². The molecule has 9 heteroatoms. The number of halogens is 1. The van der Waals surface area contributed by atoms with E-state index in [1.54, 1.807) is 12.1 Å². The lowest BCUT2D eigenvalue weighted by Gasteiger charge is -2.24. The Kier molecular flexibility index (Phi) is 5.01. The van der Waals surface area contributed by atoms with Gasteiger partial charge in [0.05, 0.1) is 11.5 Å². The number of aromatic amines is 1. The Morgan fingerprint density at radius 1 is 1.13 bits per heavy atom. The Hall–Kier alpha value is -4.01. The zero-order valence-electron chi connectivity index (χ0n) is 16.0. The van der Waals surface area contributed by atoms with Crippen molar-refractivity contribution in [3.05, 3.63) is 75.8 Å². The van der Waals surface area contributed by atoms with E-state index in [4.69, 9.17) is 0 Å². The highest BCUT2D eigenvalue weighted by Gasteiger charge is 2.34. The number of para-hydroxylation sites is 1. The van der Waals surface area contributed by atoms with Gasteiger partial charge in [-0.15, -0.1) is 0 Å². The standard InChI is InChI=1S/C21H18FN5O3/c1-11-4-2-3-5-15(11)24-19(29)14-10-16(28)25-18-17(14)20(30)27-21(26-18)23-13-8-6-12(22)7-9-13/h2-9,14H,10H2,1H3,(H,24,29)(H3,23,25,26,27,28,30)/t14-/m0/s1. The van der Waals surface area contributed by atoms with E-state index in [0.717, 1.165) is 5.56 Å². The second kappa shape index (κ2) is 7.78. The fourth-order valence-electron chi connectivity index (χ4n) is 3.26. The van der Waals surface area contributed by atoms with E-state index in [2.05, 4.69) is 25.9 Å². The van der Waals surface area contributed by atoms with Gasteiger partial charge in [0.25, 0.3) is 5.56 Å². The molecule has 4 rings (SSSR count). The molecular formula is C21H18FN5O3. The van der Waals surface area contributed by atoms with Crippen molar-refractivity contribution in [1.82, 2.24) is 9.97 Å². The molecule has 8 nitrogen and oxygen atoms in total. The summed E-state index contributed by atoms with van der Waals surface area (Å²) in [7, 11) is 0. The Balaban J connectivity index is 1.64. The molecule has 0 saturated heterocycles. The second-order valence-electron chi connectivity index (χ2n) is 6.92. The smallest absolute Gasteiger partial charge is 0.258 e. The summed E-state index contributed by atoms with van der Waals surface area (Å²) in [6.45, 7) is 1.85. The molecule has 4 N–H and O–H groups in total. The van der Waals surface area contributed by atoms with Gasteiger partial charge < -0.3 is 16.0 Å². The first-order valence-electron chi connectivity index (χ1n) is 9.24. The Morgan fingerprint density at radius 2 is 1.87 bits per heavy atom. The molecule has 2 amide bonds. The number of anilines is 4. The highest BCUT2D eigenvalue weighted by Crippen LogP contribution is 2.30. The number of nitrogens with one attached hydrogen (secondary N) is 4. The van der Waals surface area contributed by atoms with Crippen molar-refractivity contribution in [3.8, 4) is 0 Å². The summed E-state index contributed by atoms with van der Waals surface area (Å²) < 4.78 is 13.1. The van der Waals surface area contributed by atoms with Crippen LogP contribution in [-0.4, -0.2) is 21.8 Å². The molecule has 2 aromatic carbocycles. The summed E-state index contributed by atoms with van der Waals surface area (Å²) in [5.41, 5.74) is 1.50. The summed E-state index contributed by atoms with van der Waals surface area (Å²) in [6, 6.07) is 12.7. The molecule has 30 heavy (non-hydrogen) atoms. The molecular weight excluding hydrogens is 389 g/mol. The van der Waals surface area contributed by atoms with Gasteiger partial charge in [0.15, 0.2) is 0 Å². The van der Waals surface area contributed by atoms with Crippen LogP contribution in [0.25, 0.3) is 0 Å². The van der Waals surface area contributed by atoms with E-state index < -0.39 is 29.1 Å². The molecule has 2 heterocycles. The maximum absolute atomic E-state index is 13.1. The normalized spacial score (nSPS) is 15.1. The van der Waals surface area contributed by atoms with E-state index in [1.165, 1.54) is 24.3 Å². The van der Waals surface area contributed by atoms with Crippen molar-refractivity contribution in [3.63, 3.8) is 0 Å². The largest absolute Gasteiger partial charge is 0.326 e. The molecule has 1 aliphatic rings. The molecule has 152 valence electrons. The van der Waals surface area contributed by atoms with E-state index in [-0.39, 0.29) is 23.8 Å². The minimum Gasteiger partial charge on any atom is -0.326 e. The van der Waals surface area contributed by atoms with Gasteiger partial charge in [0, 0.05) is 17.8 Å². The van der Waals surface area contributed by atoms with Crippen LogP contribution in [0, 0.1) is 12.7 Å². The molecule has 0 spiro atoms. The average Bonchev–Trinajstić information content (AvgIpc) is 2.70. The number of aromatic nitrogens is 2. The highest BCUT2D eigenvalue weighted by molar-refractivity contribution is 6.04. The number of aryl methyl sites for hydroxylation is 1. The van der Waals surface area contributed by atoms with Crippen LogP contribution in [0.3, 0.4) is 0 Å². The Labute approximate surface area is 170 Å². The molecule has 0 fully saturated rings. The first kappa shape index (κ1) is 19.3. The molecule has 3 aromatic rings. The van der Waals surface area contributed by atoms with Crippen LogP contribution in [-0.2, 0) is 9.59 Å². The summed E-state index contributed by atoms with van der Waals surface area (Å²) in [5.74, 6) is -2.19. The third-order valence-electron chi connectivity index (χ3n) is 4.78. The summed E-state index contributed by atoms with van der Waals surface area (Å²) in [4.78, 5) is 44.6. The predicted molar refractivity (Wildman–Crippen MR) is 110 cm³/mol. The lowest BCUT2D eigenvalue weighted by molar-refractivity contribution is -0.123.